The number of nitrogens with one attached hydrogen (secondary N) is 2. The second-order valence-corrected chi connectivity index (χ2v) is 5.92. The fraction of sp³-hybridized carbons (Fsp3) is 0.562. The van der Waals surface area contributed by atoms with Crippen molar-refractivity contribution in [3.05, 3.63) is 34.9 Å². The van der Waals surface area contributed by atoms with Crippen molar-refractivity contribution >= 4 is 5.91 Å². The van der Waals surface area contributed by atoms with Crippen molar-refractivity contribution in [3.8, 4) is 0 Å². The molecule has 1 aliphatic heterocycles. The van der Waals surface area contributed by atoms with Crippen LogP contribution in [0.1, 0.15) is 23.1 Å². The Bertz CT molecular complexity index is 501. The van der Waals surface area contributed by atoms with Gasteiger partial charge in [-0.1, -0.05) is 18.2 Å². The van der Waals surface area contributed by atoms with Gasteiger partial charge in [0.05, 0.1) is 12.5 Å². The van der Waals surface area contributed by atoms with Gasteiger partial charge in [0.15, 0.2) is 0 Å². The van der Waals surface area contributed by atoms with Gasteiger partial charge in [0, 0.05) is 25.6 Å². The van der Waals surface area contributed by atoms with Crippen molar-refractivity contribution in [1.29, 1.82) is 0 Å². The van der Waals surface area contributed by atoms with Crippen LogP contribution in [0.25, 0.3) is 0 Å². The van der Waals surface area contributed by atoms with Gasteiger partial charge in [0.1, 0.15) is 0 Å². The second-order valence-electron chi connectivity index (χ2n) is 5.92. The Balaban J connectivity index is 1.51. The zero-order chi connectivity index (χ0) is 13.9. The average molecular weight is 274 g/mol. The molecule has 0 saturated carbocycles. The first-order valence-electron chi connectivity index (χ1n) is 7.48. The normalized spacial score (nSPS) is 24.6. The summed E-state index contributed by atoms with van der Waals surface area (Å²) in [6.45, 7) is 1.96. The van der Waals surface area contributed by atoms with Crippen molar-refractivity contribution in [2.45, 2.75) is 31.8 Å². The van der Waals surface area contributed by atoms with E-state index >= 15 is 0 Å². The first-order valence-corrected chi connectivity index (χ1v) is 7.48. The van der Waals surface area contributed by atoms with Crippen molar-refractivity contribution in [2.75, 3.05) is 19.6 Å². The number of aryl methyl sites for hydroxylation is 2. The first-order chi connectivity index (χ1) is 9.72. The van der Waals surface area contributed by atoms with Crippen LogP contribution in [0.2, 0.25) is 0 Å². The molecule has 1 saturated heterocycles. The molecule has 0 radical (unpaired) electrons. The highest BCUT2D eigenvalue weighted by Gasteiger charge is 2.25. The van der Waals surface area contributed by atoms with E-state index in [-0.39, 0.29) is 17.9 Å². The molecule has 108 valence electrons. The van der Waals surface area contributed by atoms with Gasteiger partial charge < -0.3 is 15.7 Å². The van der Waals surface area contributed by atoms with E-state index in [2.05, 4.69) is 28.8 Å². The lowest BCUT2D eigenvalue weighted by Crippen LogP contribution is -2.35. The predicted molar refractivity (Wildman–Crippen MR) is 77.5 cm³/mol. The monoisotopic (exact) mass is 274 g/mol. The van der Waals surface area contributed by atoms with E-state index in [1.54, 1.807) is 0 Å². The van der Waals surface area contributed by atoms with E-state index in [4.69, 9.17) is 0 Å². The summed E-state index contributed by atoms with van der Waals surface area (Å²) < 4.78 is 0. The highest BCUT2D eigenvalue weighted by molar-refractivity contribution is 5.78. The molecule has 0 aromatic heterocycles. The standard InChI is InChI=1S/C16H22N2O2/c19-15-10-17-8-14(15)9-18-16(20)7-11-4-5-12-2-1-3-13(12)6-11/h4-6,14-15,17,19H,1-3,7-10H2,(H,18,20). The van der Waals surface area contributed by atoms with E-state index in [1.807, 2.05) is 0 Å². The third-order valence-corrected chi connectivity index (χ3v) is 4.39. The largest absolute Gasteiger partial charge is 0.391 e. The third kappa shape index (κ3) is 3.02. The van der Waals surface area contributed by atoms with Crippen molar-refractivity contribution in [2.24, 2.45) is 5.92 Å². The zero-order valence-corrected chi connectivity index (χ0v) is 11.7. The van der Waals surface area contributed by atoms with Crippen LogP contribution in [0, 0.1) is 5.92 Å². The number of β-amino-alcohol motifs (C(OH)–C–C–N with tert-alkyl or cyclic N) is 1. The van der Waals surface area contributed by atoms with Crippen LogP contribution in [-0.2, 0) is 24.1 Å². The summed E-state index contributed by atoms with van der Waals surface area (Å²) in [5, 5.41) is 15.7. The van der Waals surface area contributed by atoms with Crippen molar-refractivity contribution in [3.63, 3.8) is 0 Å². The molecular weight excluding hydrogens is 252 g/mol. The maximum absolute atomic E-state index is 12.0. The van der Waals surface area contributed by atoms with Gasteiger partial charge in [-0.05, 0) is 36.0 Å². The van der Waals surface area contributed by atoms with Gasteiger partial charge >= 0.3 is 0 Å². The highest BCUT2D eigenvalue weighted by atomic mass is 16.3. The Morgan fingerprint density at radius 3 is 2.95 bits per heavy atom. The molecule has 4 heteroatoms. The summed E-state index contributed by atoms with van der Waals surface area (Å²) in [6.07, 6.45) is 3.65. The molecule has 2 unspecified atom stereocenters. The number of benzene rings is 1. The van der Waals surface area contributed by atoms with Gasteiger partial charge in [-0.25, -0.2) is 0 Å². The quantitative estimate of drug-likeness (QED) is 0.745. The molecule has 0 spiro atoms. The van der Waals surface area contributed by atoms with E-state index in [1.165, 1.54) is 24.0 Å². The molecule has 3 N–H and O–H groups in total. The lowest BCUT2D eigenvalue weighted by molar-refractivity contribution is -0.120. The molecule has 0 bridgehead atoms. The van der Waals surface area contributed by atoms with Gasteiger partial charge in [0.25, 0.3) is 0 Å². The number of aliphatic hydroxyl groups is 1. The van der Waals surface area contributed by atoms with Crippen LogP contribution >= 0.6 is 0 Å². The molecule has 2 aliphatic rings. The van der Waals surface area contributed by atoms with E-state index < -0.39 is 0 Å². The van der Waals surface area contributed by atoms with Crippen LogP contribution in [0.5, 0.6) is 0 Å². The highest BCUT2D eigenvalue weighted by Crippen LogP contribution is 2.22. The minimum absolute atomic E-state index is 0.0436. The molecule has 2 atom stereocenters. The number of carbonyl (C=O) groups is 1. The minimum Gasteiger partial charge on any atom is -0.391 e. The first kappa shape index (κ1) is 13.6. The Hall–Kier alpha value is -1.39. The summed E-state index contributed by atoms with van der Waals surface area (Å²) in [6, 6.07) is 6.40. The smallest absolute Gasteiger partial charge is 0.224 e. The molecule has 1 fully saturated rings. The molecule has 1 aromatic carbocycles. The molecule has 1 aliphatic carbocycles. The van der Waals surface area contributed by atoms with E-state index in [0.717, 1.165) is 18.5 Å². The maximum Gasteiger partial charge on any atom is 0.224 e. The molecular formula is C16H22N2O2. The van der Waals surface area contributed by atoms with Crippen LogP contribution in [0.15, 0.2) is 18.2 Å². The fourth-order valence-electron chi connectivity index (χ4n) is 3.16. The van der Waals surface area contributed by atoms with Gasteiger partial charge in [-0.3, -0.25) is 4.79 Å². The SMILES string of the molecule is O=C(Cc1ccc2c(c1)CCC2)NCC1CNCC1O. The molecule has 1 aromatic rings. The lowest BCUT2D eigenvalue weighted by atomic mass is 10.0. The summed E-state index contributed by atoms with van der Waals surface area (Å²) >= 11 is 0. The topological polar surface area (TPSA) is 61.4 Å². The number of fused-ring (bicyclic) bond motifs is 1. The van der Waals surface area contributed by atoms with Crippen molar-refractivity contribution in [1.82, 2.24) is 10.6 Å². The predicted octanol–water partition coefficient (Wildman–Crippen LogP) is 0.414. The number of carbonyl (C=O) groups excluding carboxylic acids is 1. The second kappa shape index (κ2) is 5.94. The number of aliphatic hydroxyl groups excluding tert-OH is 1. The van der Waals surface area contributed by atoms with Crippen molar-refractivity contribution < 1.29 is 9.90 Å². The Labute approximate surface area is 119 Å². The lowest BCUT2D eigenvalue weighted by Gasteiger charge is -2.14. The number of hydrogen-bond acceptors (Lipinski definition) is 3. The average Bonchev–Trinajstić information content (AvgIpc) is 3.04. The van der Waals surface area contributed by atoms with Crippen LogP contribution in [0.3, 0.4) is 0 Å². The summed E-state index contributed by atoms with van der Waals surface area (Å²) in [5.41, 5.74) is 3.94. The molecule has 4 nitrogen and oxygen atoms in total. The van der Waals surface area contributed by atoms with Gasteiger partial charge in [0.2, 0.25) is 5.91 Å². The fourth-order valence-corrected chi connectivity index (χ4v) is 3.16. The summed E-state index contributed by atoms with van der Waals surface area (Å²) in [7, 11) is 0. The van der Waals surface area contributed by atoms with Crippen LogP contribution < -0.4 is 10.6 Å². The Kier molecular flexibility index (Phi) is 4.03. The van der Waals surface area contributed by atoms with Crippen LogP contribution in [-0.4, -0.2) is 36.8 Å². The summed E-state index contributed by atoms with van der Waals surface area (Å²) in [4.78, 5) is 12.0. The number of hydrogen-bond donors (Lipinski definition) is 3. The zero-order valence-electron chi connectivity index (χ0n) is 11.7. The number of amides is 1. The maximum atomic E-state index is 12.0. The van der Waals surface area contributed by atoms with Crippen LogP contribution in [0.4, 0.5) is 0 Å². The minimum atomic E-state index is -0.338. The molecule has 1 heterocycles. The Morgan fingerprint density at radius 1 is 1.30 bits per heavy atom. The van der Waals surface area contributed by atoms with Gasteiger partial charge in [-0.2, -0.15) is 0 Å². The van der Waals surface area contributed by atoms with E-state index in [9.17, 15) is 9.90 Å². The number of rotatable bonds is 4. The van der Waals surface area contributed by atoms with Gasteiger partial charge in [-0.15, -0.1) is 0 Å². The third-order valence-electron chi connectivity index (χ3n) is 4.39. The molecule has 20 heavy (non-hydrogen) atoms. The van der Waals surface area contributed by atoms with E-state index in [0.29, 0.717) is 19.5 Å². The molecule has 1 amide bonds. The molecule has 3 rings (SSSR count). The Morgan fingerprint density at radius 2 is 2.15 bits per heavy atom. The summed E-state index contributed by atoms with van der Waals surface area (Å²) in [5.74, 6) is 0.181.